The average Bonchev–Trinajstić information content (AvgIpc) is 2.29. The Labute approximate surface area is 102 Å². The molecule has 0 bridgehead atoms. The summed E-state index contributed by atoms with van der Waals surface area (Å²) in [6.45, 7) is 8.03. The minimum Gasteiger partial charge on any atom is -0.368 e. The number of hydrogen-bond donors (Lipinski definition) is 2. The van der Waals surface area contributed by atoms with Crippen LogP contribution in [0.5, 0.6) is 0 Å². The molecular formula is C11H19ClN4. The molecule has 0 fully saturated rings. The van der Waals surface area contributed by atoms with Gasteiger partial charge < -0.3 is 10.6 Å². The van der Waals surface area contributed by atoms with E-state index in [0.29, 0.717) is 22.7 Å². The molecule has 0 saturated carbocycles. The Balaban J connectivity index is 2.66. The molecule has 0 spiro atoms. The number of nitrogens with one attached hydrogen (secondary N) is 2. The van der Waals surface area contributed by atoms with Gasteiger partial charge in [0.2, 0.25) is 5.95 Å². The molecule has 0 radical (unpaired) electrons. The van der Waals surface area contributed by atoms with E-state index in [9.17, 15) is 0 Å². The van der Waals surface area contributed by atoms with Gasteiger partial charge in [0.05, 0.1) is 6.20 Å². The van der Waals surface area contributed by atoms with E-state index in [-0.39, 0.29) is 0 Å². The van der Waals surface area contributed by atoms with E-state index in [1.54, 1.807) is 6.20 Å². The van der Waals surface area contributed by atoms with Gasteiger partial charge in [0.1, 0.15) is 10.8 Å². The number of anilines is 2. The minimum atomic E-state index is 0.560. The zero-order chi connectivity index (χ0) is 12.0. The third-order valence-electron chi connectivity index (χ3n) is 2.39. The van der Waals surface area contributed by atoms with E-state index in [1.807, 2.05) is 6.92 Å². The van der Waals surface area contributed by atoms with E-state index in [2.05, 4.69) is 34.4 Å². The van der Waals surface area contributed by atoms with Crippen LogP contribution in [0.3, 0.4) is 0 Å². The van der Waals surface area contributed by atoms with Crippen LogP contribution < -0.4 is 10.6 Å². The van der Waals surface area contributed by atoms with E-state index in [4.69, 9.17) is 11.6 Å². The summed E-state index contributed by atoms with van der Waals surface area (Å²) >= 11 is 6.01. The highest BCUT2D eigenvalue weighted by atomic mass is 35.5. The van der Waals surface area contributed by atoms with Crippen molar-refractivity contribution in [1.29, 1.82) is 0 Å². The van der Waals surface area contributed by atoms with Crippen molar-refractivity contribution in [1.82, 2.24) is 9.97 Å². The first kappa shape index (κ1) is 13.0. The monoisotopic (exact) mass is 242 g/mol. The fourth-order valence-electron chi connectivity index (χ4n) is 1.15. The third-order valence-corrected chi connectivity index (χ3v) is 2.67. The number of halogens is 1. The van der Waals surface area contributed by atoms with Gasteiger partial charge in [-0.1, -0.05) is 31.9 Å². The first-order valence-corrected chi connectivity index (χ1v) is 6.05. The Hall–Kier alpha value is -1.03. The molecule has 0 saturated heterocycles. The maximum Gasteiger partial charge on any atom is 0.224 e. The normalized spacial score (nSPS) is 12.2. The smallest absolute Gasteiger partial charge is 0.224 e. The van der Waals surface area contributed by atoms with Crippen LogP contribution in [0.15, 0.2) is 6.20 Å². The Kier molecular flexibility index (Phi) is 5.32. The van der Waals surface area contributed by atoms with Crippen LogP contribution in [0.25, 0.3) is 0 Å². The molecule has 90 valence electrons. The highest BCUT2D eigenvalue weighted by molar-refractivity contribution is 6.32. The first-order valence-electron chi connectivity index (χ1n) is 5.67. The summed E-state index contributed by atoms with van der Waals surface area (Å²) in [5.74, 6) is 1.92. The summed E-state index contributed by atoms with van der Waals surface area (Å²) in [5, 5.41) is 6.86. The molecule has 1 rings (SSSR count). The lowest BCUT2D eigenvalue weighted by molar-refractivity contribution is 0.592. The maximum absolute atomic E-state index is 6.01. The average molecular weight is 243 g/mol. The number of aromatic nitrogens is 2. The Morgan fingerprint density at radius 3 is 2.75 bits per heavy atom. The second kappa shape index (κ2) is 6.53. The number of nitrogens with zero attached hydrogens (tertiary/aromatic N) is 2. The summed E-state index contributed by atoms with van der Waals surface area (Å²) in [5.41, 5.74) is 0. The molecule has 16 heavy (non-hydrogen) atoms. The topological polar surface area (TPSA) is 49.8 Å². The lowest BCUT2D eigenvalue weighted by atomic mass is 10.1. The summed E-state index contributed by atoms with van der Waals surface area (Å²) < 4.78 is 0. The summed E-state index contributed by atoms with van der Waals surface area (Å²) in [6.07, 6.45) is 2.75. The van der Waals surface area contributed by atoms with Gasteiger partial charge in [-0.2, -0.15) is 4.98 Å². The van der Waals surface area contributed by atoms with Gasteiger partial charge in [-0.05, 0) is 12.8 Å². The Bertz CT molecular complexity index is 330. The molecular weight excluding hydrogens is 224 g/mol. The van der Waals surface area contributed by atoms with Crippen LogP contribution in [0.1, 0.15) is 27.2 Å². The van der Waals surface area contributed by atoms with Crippen molar-refractivity contribution in [3.8, 4) is 0 Å². The second-order valence-electron chi connectivity index (χ2n) is 3.81. The molecule has 5 heteroatoms. The summed E-state index contributed by atoms with van der Waals surface area (Å²) in [7, 11) is 0. The second-order valence-corrected chi connectivity index (χ2v) is 4.22. The predicted octanol–water partition coefficient (Wildman–Crippen LogP) is 3.02. The van der Waals surface area contributed by atoms with E-state index >= 15 is 0 Å². The fourth-order valence-corrected chi connectivity index (χ4v) is 1.31. The van der Waals surface area contributed by atoms with Crippen LogP contribution >= 0.6 is 11.6 Å². The fraction of sp³-hybridized carbons (Fsp3) is 0.636. The summed E-state index contributed by atoms with van der Waals surface area (Å²) in [4.78, 5) is 8.38. The highest BCUT2D eigenvalue weighted by Crippen LogP contribution is 2.19. The molecule has 1 atom stereocenters. The van der Waals surface area contributed by atoms with Gasteiger partial charge in [-0.25, -0.2) is 4.98 Å². The molecule has 1 aromatic rings. The zero-order valence-electron chi connectivity index (χ0n) is 10.0. The van der Waals surface area contributed by atoms with Crippen molar-refractivity contribution in [2.45, 2.75) is 27.2 Å². The van der Waals surface area contributed by atoms with Crippen molar-refractivity contribution >= 4 is 23.4 Å². The Morgan fingerprint density at radius 2 is 2.12 bits per heavy atom. The lowest BCUT2D eigenvalue weighted by Crippen LogP contribution is -2.13. The van der Waals surface area contributed by atoms with Crippen molar-refractivity contribution in [2.24, 2.45) is 5.92 Å². The van der Waals surface area contributed by atoms with E-state index < -0.39 is 0 Å². The quantitative estimate of drug-likeness (QED) is 0.805. The largest absolute Gasteiger partial charge is 0.368 e. The van der Waals surface area contributed by atoms with Crippen molar-refractivity contribution in [3.63, 3.8) is 0 Å². The van der Waals surface area contributed by atoms with E-state index in [1.165, 1.54) is 0 Å². The van der Waals surface area contributed by atoms with Crippen molar-refractivity contribution in [2.75, 3.05) is 23.7 Å². The van der Waals surface area contributed by atoms with Gasteiger partial charge in [-0.3, -0.25) is 0 Å². The minimum absolute atomic E-state index is 0.560. The van der Waals surface area contributed by atoms with Crippen LogP contribution in [0.2, 0.25) is 5.02 Å². The zero-order valence-corrected chi connectivity index (χ0v) is 10.8. The van der Waals surface area contributed by atoms with Crippen LogP contribution in [0.4, 0.5) is 11.8 Å². The SMILES string of the molecule is CCNc1ncc(Cl)c(NCC(C)CC)n1. The predicted molar refractivity (Wildman–Crippen MR) is 69.2 cm³/mol. The molecule has 0 aliphatic rings. The highest BCUT2D eigenvalue weighted by Gasteiger charge is 2.06. The standard InChI is InChI=1S/C11H19ClN4/c1-4-8(3)6-14-10-9(12)7-15-11(16-10)13-5-2/h7-8H,4-6H2,1-3H3,(H2,13,14,15,16). The number of hydrogen-bond acceptors (Lipinski definition) is 4. The molecule has 2 N–H and O–H groups in total. The molecule has 1 unspecified atom stereocenters. The molecule has 0 aliphatic heterocycles. The third kappa shape index (κ3) is 3.85. The molecule has 1 heterocycles. The van der Waals surface area contributed by atoms with Crippen LogP contribution in [0, 0.1) is 5.92 Å². The molecule has 0 amide bonds. The first-order chi connectivity index (χ1) is 7.67. The maximum atomic E-state index is 6.01. The van der Waals surface area contributed by atoms with Gasteiger partial charge >= 0.3 is 0 Å². The van der Waals surface area contributed by atoms with Crippen LogP contribution in [-0.4, -0.2) is 23.1 Å². The lowest BCUT2D eigenvalue weighted by Gasteiger charge is -2.12. The van der Waals surface area contributed by atoms with Crippen LogP contribution in [-0.2, 0) is 0 Å². The van der Waals surface area contributed by atoms with E-state index in [0.717, 1.165) is 19.5 Å². The Morgan fingerprint density at radius 1 is 1.38 bits per heavy atom. The molecule has 4 nitrogen and oxygen atoms in total. The molecule has 0 aliphatic carbocycles. The van der Waals surface area contributed by atoms with Gasteiger partial charge in [0, 0.05) is 13.1 Å². The van der Waals surface area contributed by atoms with Gasteiger partial charge in [-0.15, -0.1) is 0 Å². The van der Waals surface area contributed by atoms with Gasteiger partial charge in [0.15, 0.2) is 0 Å². The number of rotatable bonds is 6. The summed E-state index contributed by atoms with van der Waals surface area (Å²) in [6, 6.07) is 0. The van der Waals surface area contributed by atoms with Crippen molar-refractivity contribution < 1.29 is 0 Å². The molecule has 0 aromatic carbocycles. The van der Waals surface area contributed by atoms with Crippen molar-refractivity contribution in [3.05, 3.63) is 11.2 Å². The molecule has 1 aromatic heterocycles. The van der Waals surface area contributed by atoms with Gasteiger partial charge in [0.25, 0.3) is 0 Å².